The summed E-state index contributed by atoms with van der Waals surface area (Å²) >= 11 is 0. The molecular weight excluding hydrogens is 384 g/mol. The molecule has 2 saturated heterocycles. The zero-order valence-corrected chi connectivity index (χ0v) is 18.3. The Morgan fingerprint density at radius 2 is 1.93 bits per heavy atom. The molecule has 1 aromatic carbocycles. The minimum absolute atomic E-state index is 0.0108. The number of hydrogen-bond donors (Lipinski definition) is 0. The lowest BCUT2D eigenvalue weighted by molar-refractivity contribution is 0.0972. The molecule has 0 bridgehead atoms. The van der Waals surface area contributed by atoms with Crippen LogP contribution in [-0.4, -0.2) is 60.0 Å². The van der Waals surface area contributed by atoms with Crippen molar-refractivity contribution in [1.82, 2.24) is 19.4 Å². The molecule has 0 spiro atoms. The smallest absolute Gasteiger partial charge is 0.228 e. The van der Waals surface area contributed by atoms with Crippen molar-refractivity contribution in [1.29, 1.82) is 0 Å². The first-order chi connectivity index (χ1) is 13.9. The van der Waals surface area contributed by atoms with E-state index in [0.717, 1.165) is 37.4 Å². The van der Waals surface area contributed by atoms with Crippen LogP contribution in [0.1, 0.15) is 37.9 Å². The van der Waals surface area contributed by atoms with Crippen molar-refractivity contribution >= 4 is 9.84 Å². The van der Waals surface area contributed by atoms with Gasteiger partial charge in [0.05, 0.1) is 17.6 Å². The quantitative estimate of drug-likeness (QED) is 0.695. The van der Waals surface area contributed by atoms with Gasteiger partial charge in [-0.3, -0.25) is 9.80 Å². The topological polar surface area (TPSA) is 58.4 Å². The van der Waals surface area contributed by atoms with Crippen LogP contribution in [0.25, 0.3) is 0 Å². The summed E-state index contributed by atoms with van der Waals surface area (Å²) in [6.45, 7) is 10.1. The second-order valence-corrected chi connectivity index (χ2v) is 10.7. The van der Waals surface area contributed by atoms with E-state index in [-0.39, 0.29) is 10.9 Å². The number of imidazole rings is 1. The van der Waals surface area contributed by atoms with Gasteiger partial charge in [0.25, 0.3) is 0 Å². The van der Waals surface area contributed by atoms with Crippen LogP contribution in [0.3, 0.4) is 0 Å². The predicted octanol–water partition coefficient (Wildman–Crippen LogP) is 2.79. The zero-order valence-electron chi connectivity index (χ0n) is 17.5. The number of fused-ring (bicyclic) bond motifs is 1. The summed E-state index contributed by atoms with van der Waals surface area (Å²) in [7, 11) is -3.50. The fourth-order valence-corrected chi connectivity index (χ4v) is 6.11. The normalized spacial score (nSPS) is 21.0. The van der Waals surface area contributed by atoms with Crippen LogP contribution in [0.15, 0.2) is 41.7 Å². The van der Waals surface area contributed by atoms with Crippen molar-refractivity contribution in [2.75, 3.05) is 26.2 Å². The van der Waals surface area contributed by atoms with Crippen molar-refractivity contribution < 1.29 is 8.42 Å². The summed E-state index contributed by atoms with van der Waals surface area (Å²) in [6, 6.07) is 10.0. The third kappa shape index (κ3) is 4.73. The van der Waals surface area contributed by atoms with Crippen LogP contribution in [-0.2, 0) is 28.7 Å². The lowest BCUT2D eigenvalue weighted by Gasteiger charge is -2.37. The van der Waals surface area contributed by atoms with E-state index in [1.807, 2.05) is 34.9 Å². The molecule has 0 N–H and O–H groups in total. The summed E-state index contributed by atoms with van der Waals surface area (Å²) in [5, 5.41) is 0.213. The molecule has 2 fully saturated rings. The summed E-state index contributed by atoms with van der Waals surface area (Å²) in [5.41, 5.74) is 1.81. The molecule has 6 nitrogen and oxygen atoms in total. The molecule has 2 aliphatic rings. The molecule has 0 amide bonds. The Labute approximate surface area is 174 Å². The molecule has 29 heavy (non-hydrogen) atoms. The van der Waals surface area contributed by atoms with Gasteiger partial charge < -0.3 is 4.57 Å². The first-order valence-electron chi connectivity index (χ1n) is 10.7. The third-order valence-corrected chi connectivity index (χ3v) is 7.58. The second kappa shape index (κ2) is 8.58. The maximum Gasteiger partial charge on any atom is 0.228 e. The maximum absolute atomic E-state index is 13.2. The number of benzene rings is 1. The molecule has 4 rings (SSSR count). The fraction of sp³-hybridized carbons (Fsp3) is 0.591. The minimum atomic E-state index is -3.50. The van der Waals surface area contributed by atoms with Gasteiger partial charge in [-0.15, -0.1) is 0 Å². The molecule has 3 heterocycles. The van der Waals surface area contributed by atoms with Crippen LogP contribution in [0.2, 0.25) is 0 Å². The van der Waals surface area contributed by atoms with E-state index in [4.69, 9.17) is 0 Å². The fourth-order valence-electron chi connectivity index (χ4n) is 4.61. The molecule has 2 aromatic rings. The Morgan fingerprint density at radius 3 is 2.69 bits per heavy atom. The van der Waals surface area contributed by atoms with E-state index < -0.39 is 9.84 Å². The van der Waals surface area contributed by atoms with Gasteiger partial charge in [0, 0.05) is 38.8 Å². The molecule has 0 radical (unpaired) electrons. The summed E-state index contributed by atoms with van der Waals surface area (Å²) in [4.78, 5) is 9.47. The Balaban J connectivity index is 1.56. The minimum Gasteiger partial charge on any atom is -0.317 e. The van der Waals surface area contributed by atoms with Gasteiger partial charge in [-0.2, -0.15) is 0 Å². The molecule has 0 aliphatic carbocycles. The van der Waals surface area contributed by atoms with Crippen molar-refractivity contribution in [3.63, 3.8) is 0 Å². The van der Waals surface area contributed by atoms with Crippen molar-refractivity contribution in [3.05, 3.63) is 47.8 Å². The summed E-state index contributed by atoms with van der Waals surface area (Å²) < 4.78 is 28.3. The first kappa shape index (κ1) is 20.6. The number of aromatic nitrogens is 2. The average Bonchev–Trinajstić information content (AvgIpc) is 3.29. The van der Waals surface area contributed by atoms with Crippen LogP contribution >= 0.6 is 0 Å². The van der Waals surface area contributed by atoms with E-state index in [2.05, 4.69) is 28.6 Å². The van der Waals surface area contributed by atoms with Crippen molar-refractivity contribution in [2.45, 2.75) is 56.7 Å². The lowest BCUT2D eigenvalue weighted by atomic mass is 10.1. The molecular formula is C22H32N4O2S. The molecule has 1 aromatic heterocycles. The second-order valence-electron chi connectivity index (χ2n) is 8.85. The van der Waals surface area contributed by atoms with Crippen LogP contribution in [0, 0.1) is 5.92 Å². The van der Waals surface area contributed by atoms with E-state index in [9.17, 15) is 8.42 Å². The Morgan fingerprint density at radius 1 is 1.14 bits per heavy atom. The first-order valence-corrected chi connectivity index (χ1v) is 12.3. The SMILES string of the molecule is CC(C)Cn1c(CN2CCN3CCC[C@H]3C2)cnc1S(=O)(=O)Cc1ccccc1. The van der Waals surface area contributed by atoms with Crippen LogP contribution < -0.4 is 0 Å². The van der Waals surface area contributed by atoms with E-state index >= 15 is 0 Å². The monoisotopic (exact) mass is 416 g/mol. The molecule has 0 saturated carbocycles. The van der Waals surface area contributed by atoms with Crippen LogP contribution in [0.5, 0.6) is 0 Å². The summed E-state index contributed by atoms with van der Waals surface area (Å²) in [5.74, 6) is 0.337. The van der Waals surface area contributed by atoms with Gasteiger partial charge in [-0.05, 0) is 30.9 Å². The number of rotatable bonds is 7. The number of sulfone groups is 1. The molecule has 2 aliphatic heterocycles. The largest absolute Gasteiger partial charge is 0.317 e. The van der Waals surface area contributed by atoms with E-state index in [0.29, 0.717) is 18.5 Å². The van der Waals surface area contributed by atoms with Gasteiger partial charge in [-0.25, -0.2) is 13.4 Å². The number of piperazine rings is 1. The molecule has 158 valence electrons. The van der Waals surface area contributed by atoms with Gasteiger partial charge >= 0.3 is 0 Å². The zero-order chi connectivity index (χ0) is 20.4. The Bertz CT molecular complexity index is 924. The standard InChI is InChI=1S/C22H32N4O2S/c1-18(2)14-26-21(16-24-11-12-25-10-6-9-20(25)15-24)13-23-22(26)29(27,28)17-19-7-4-3-5-8-19/h3-5,7-8,13,18,20H,6,9-12,14-17H2,1-2H3/t20-/m0/s1. The Kier molecular flexibility index (Phi) is 6.08. The predicted molar refractivity (Wildman–Crippen MR) is 114 cm³/mol. The highest BCUT2D eigenvalue weighted by Crippen LogP contribution is 2.24. The molecule has 1 atom stereocenters. The number of nitrogens with zero attached hydrogens (tertiary/aromatic N) is 4. The molecule has 7 heteroatoms. The third-order valence-electron chi connectivity index (χ3n) is 5.98. The van der Waals surface area contributed by atoms with Crippen LogP contribution in [0.4, 0.5) is 0 Å². The Hall–Kier alpha value is -1.70. The van der Waals surface area contributed by atoms with E-state index in [1.54, 1.807) is 6.20 Å². The highest BCUT2D eigenvalue weighted by molar-refractivity contribution is 7.90. The van der Waals surface area contributed by atoms with Gasteiger partial charge in [-0.1, -0.05) is 44.2 Å². The van der Waals surface area contributed by atoms with Crippen molar-refractivity contribution in [3.8, 4) is 0 Å². The van der Waals surface area contributed by atoms with Crippen molar-refractivity contribution in [2.24, 2.45) is 5.92 Å². The van der Waals surface area contributed by atoms with Gasteiger partial charge in [0.15, 0.2) is 0 Å². The molecule has 0 unspecified atom stereocenters. The van der Waals surface area contributed by atoms with Gasteiger partial charge in [0.2, 0.25) is 15.0 Å². The summed E-state index contributed by atoms with van der Waals surface area (Å²) in [6.07, 6.45) is 4.35. The van der Waals surface area contributed by atoms with E-state index in [1.165, 1.54) is 19.4 Å². The average molecular weight is 417 g/mol. The highest BCUT2D eigenvalue weighted by atomic mass is 32.2. The lowest BCUT2D eigenvalue weighted by Crippen LogP contribution is -2.49. The maximum atomic E-state index is 13.2. The van der Waals surface area contributed by atoms with Gasteiger partial charge in [0.1, 0.15) is 0 Å². The highest BCUT2D eigenvalue weighted by Gasteiger charge is 2.31. The number of hydrogen-bond acceptors (Lipinski definition) is 5.